The highest BCUT2D eigenvalue weighted by molar-refractivity contribution is 7.71. The lowest BCUT2D eigenvalue weighted by Crippen LogP contribution is -1.96. The molecule has 0 unspecified atom stereocenters. The largest absolute Gasteiger partial charge is 0.508 e. The highest BCUT2D eigenvalue weighted by atomic mass is 32.1. The molecule has 0 fully saturated rings. The number of phenolic OH excluding ortho intramolecular Hbond substituents is 3. The van der Waals surface area contributed by atoms with Gasteiger partial charge < -0.3 is 15.3 Å². The van der Waals surface area contributed by atoms with Gasteiger partial charge in [0.2, 0.25) is 0 Å². The van der Waals surface area contributed by atoms with E-state index in [1.54, 1.807) is 12.1 Å². The number of aromatic hydroxyl groups is 3. The first-order valence-electron chi connectivity index (χ1n) is 7.47. The highest BCUT2D eigenvalue weighted by Crippen LogP contribution is 2.34. The van der Waals surface area contributed by atoms with Gasteiger partial charge in [-0.25, -0.2) is 9.90 Å². The molecule has 4 rings (SSSR count). The third-order valence-corrected chi connectivity index (χ3v) is 4.40. The monoisotopic (exact) mass is 351 g/mol. The van der Waals surface area contributed by atoms with Crippen molar-refractivity contribution in [3.63, 3.8) is 0 Å². The Morgan fingerprint density at radius 2 is 1.64 bits per heavy atom. The number of aromatic amines is 1. The number of nitrogens with zero attached hydrogens (tertiary/aromatic N) is 2. The zero-order chi connectivity index (χ0) is 17.6. The van der Waals surface area contributed by atoms with Crippen LogP contribution < -0.4 is 0 Å². The Kier molecular flexibility index (Phi) is 3.43. The summed E-state index contributed by atoms with van der Waals surface area (Å²) >= 11 is 5.51. The molecular formula is C18H13N3O3S. The number of benzene rings is 3. The van der Waals surface area contributed by atoms with Gasteiger partial charge in [-0.05, 0) is 29.7 Å². The van der Waals surface area contributed by atoms with Crippen LogP contribution in [0.1, 0.15) is 0 Å². The minimum atomic E-state index is -0.123. The van der Waals surface area contributed by atoms with E-state index in [2.05, 4.69) is 10.3 Å². The van der Waals surface area contributed by atoms with Crippen molar-refractivity contribution in [2.24, 2.45) is 0 Å². The van der Waals surface area contributed by atoms with E-state index in [-0.39, 0.29) is 17.2 Å². The minimum absolute atomic E-state index is 0.0444. The van der Waals surface area contributed by atoms with E-state index in [1.165, 1.54) is 22.9 Å². The second-order valence-electron chi connectivity index (χ2n) is 5.55. The van der Waals surface area contributed by atoms with Crippen molar-refractivity contribution in [1.29, 1.82) is 0 Å². The summed E-state index contributed by atoms with van der Waals surface area (Å²) in [7, 11) is 0. The molecule has 0 spiro atoms. The summed E-state index contributed by atoms with van der Waals surface area (Å²) < 4.78 is 1.83. The van der Waals surface area contributed by atoms with Crippen molar-refractivity contribution in [2.45, 2.75) is 0 Å². The molecule has 4 N–H and O–H groups in total. The van der Waals surface area contributed by atoms with Crippen LogP contribution in [0.3, 0.4) is 0 Å². The molecule has 1 heterocycles. The van der Waals surface area contributed by atoms with Crippen LogP contribution >= 0.6 is 12.2 Å². The van der Waals surface area contributed by atoms with Gasteiger partial charge in [0.15, 0.2) is 4.64 Å². The average Bonchev–Trinajstić information content (AvgIpc) is 2.97. The summed E-state index contributed by atoms with van der Waals surface area (Å²) in [5.41, 5.74) is 1.68. The molecule has 0 aliphatic heterocycles. The maximum absolute atomic E-state index is 10.0. The van der Waals surface area contributed by atoms with Crippen molar-refractivity contribution >= 4 is 23.0 Å². The first-order chi connectivity index (χ1) is 12.1. The number of phenols is 3. The normalized spacial score (nSPS) is 11.0. The fourth-order valence-electron chi connectivity index (χ4n) is 2.83. The molecule has 6 nitrogen and oxygen atoms in total. The lowest BCUT2D eigenvalue weighted by Gasteiger charge is -2.06. The summed E-state index contributed by atoms with van der Waals surface area (Å²) in [6.45, 7) is 0. The Morgan fingerprint density at radius 1 is 0.880 bits per heavy atom. The van der Waals surface area contributed by atoms with Gasteiger partial charge in [0.25, 0.3) is 0 Å². The number of nitrogens with one attached hydrogen (secondary N) is 1. The molecule has 0 aliphatic carbocycles. The summed E-state index contributed by atoms with van der Waals surface area (Å²) in [5.74, 6) is 0.0174. The molecular weight excluding hydrogens is 338 g/mol. The van der Waals surface area contributed by atoms with Gasteiger partial charge in [-0.15, -0.1) is 0 Å². The zero-order valence-corrected chi connectivity index (χ0v) is 13.7. The van der Waals surface area contributed by atoms with Crippen LogP contribution in [0.15, 0.2) is 54.6 Å². The van der Waals surface area contributed by atoms with E-state index >= 15 is 0 Å². The topological polar surface area (TPSA) is 94.3 Å². The van der Waals surface area contributed by atoms with Crippen molar-refractivity contribution in [3.8, 4) is 34.2 Å². The van der Waals surface area contributed by atoms with Gasteiger partial charge >= 0.3 is 0 Å². The Balaban J connectivity index is 1.94. The van der Waals surface area contributed by atoms with Gasteiger partial charge in [-0.3, -0.25) is 0 Å². The van der Waals surface area contributed by atoms with Gasteiger partial charge in [0.05, 0.1) is 0 Å². The molecule has 4 aromatic rings. The van der Waals surface area contributed by atoms with Crippen LogP contribution in [-0.4, -0.2) is 30.3 Å². The number of hydrogen-bond acceptors (Lipinski definition) is 5. The summed E-state index contributed by atoms with van der Waals surface area (Å²) in [4.78, 5) is 0. The molecule has 124 valence electrons. The number of hydrogen-bond donors (Lipinski definition) is 4. The Morgan fingerprint density at radius 3 is 2.40 bits per heavy atom. The first kappa shape index (κ1) is 15.2. The molecule has 25 heavy (non-hydrogen) atoms. The van der Waals surface area contributed by atoms with E-state index in [1.807, 2.05) is 24.3 Å². The summed E-state index contributed by atoms with van der Waals surface area (Å²) in [6, 6.07) is 15.0. The van der Waals surface area contributed by atoms with Crippen molar-refractivity contribution < 1.29 is 15.3 Å². The number of aromatic nitrogens is 3. The van der Waals surface area contributed by atoms with Crippen LogP contribution in [0.25, 0.3) is 27.7 Å². The summed E-state index contributed by atoms with van der Waals surface area (Å²) in [6.07, 6.45) is 0. The highest BCUT2D eigenvalue weighted by Gasteiger charge is 2.15. The van der Waals surface area contributed by atoms with E-state index in [0.717, 1.165) is 10.9 Å². The van der Waals surface area contributed by atoms with Crippen LogP contribution in [0.4, 0.5) is 0 Å². The van der Waals surface area contributed by atoms with Crippen molar-refractivity contribution in [2.75, 3.05) is 0 Å². The average molecular weight is 351 g/mol. The SMILES string of the molecule is Oc1ccc(-n2[nH]nc(-c3ccc(O)c4ccccc34)c2=S)c(O)c1. The van der Waals surface area contributed by atoms with E-state index in [0.29, 0.717) is 21.4 Å². The fourth-order valence-corrected chi connectivity index (χ4v) is 3.12. The zero-order valence-electron chi connectivity index (χ0n) is 12.8. The second-order valence-corrected chi connectivity index (χ2v) is 5.94. The predicted molar refractivity (Wildman–Crippen MR) is 96.7 cm³/mol. The molecule has 1 aromatic heterocycles. The van der Waals surface area contributed by atoms with E-state index < -0.39 is 0 Å². The van der Waals surface area contributed by atoms with Gasteiger partial charge in [0, 0.05) is 17.0 Å². The molecule has 7 heteroatoms. The second kappa shape index (κ2) is 5.64. The quantitative estimate of drug-likeness (QED) is 0.411. The van der Waals surface area contributed by atoms with Crippen LogP contribution in [0.5, 0.6) is 17.2 Å². The van der Waals surface area contributed by atoms with Gasteiger partial charge in [0.1, 0.15) is 28.6 Å². The first-order valence-corrected chi connectivity index (χ1v) is 7.88. The molecule has 0 amide bonds. The number of H-pyrrole nitrogens is 1. The third kappa shape index (κ3) is 2.41. The Bertz CT molecular complexity index is 1160. The van der Waals surface area contributed by atoms with Crippen molar-refractivity contribution in [3.05, 3.63) is 59.2 Å². The maximum Gasteiger partial charge on any atom is 0.156 e. The van der Waals surface area contributed by atoms with Gasteiger partial charge in [-0.1, -0.05) is 36.5 Å². The molecule has 0 saturated heterocycles. The van der Waals surface area contributed by atoms with E-state index in [9.17, 15) is 15.3 Å². The maximum atomic E-state index is 10.0. The van der Waals surface area contributed by atoms with E-state index in [4.69, 9.17) is 12.2 Å². The number of fused-ring (bicyclic) bond motifs is 1. The third-order valence-electron chi connectivity index (χ3n) is 4.02. The summed E-state index contributed by atoms with van der Waals surface area (Å²) in [5, 5.41) is 38.1. The lowest BCUT2D eigenvalue weighted by atomic mass is 10.0. The van der Waals surface area contributed by atoms with Crippen LogP contribution in [0.2, 0.25) is 0 Å². The molecule has 0 atom stereocenters. The molecule has 0 saturated carbocycles. The van der Waals surface area contributed by atoms with Crippen molar-refractivity contribution in [1.82, 2.24) is 15.0 Å². The Labute approximate surface area is 147 Å². The standard InChI is InChI=1S/C18H13N3O3S/c22-10-5-7-14(16(24)9-10)21-18(25)17(19-20-21)13-6-8-15(23)12-4-2-1-3-11(12)13/h1-9,20,22-24H. The molecule has 3 aromatic carbocycles. The molecule has 0 bridgehead atoms. The molecule has 0 aliphatic rings. The van der Waals surface area contributed by atoms with Gasteiger partial charge in [-0.2, -0.15) is 5.10 Å². The fraction of sp³-hybridized carbons (Fsp3) is 0. The minimum Gasteiger partial charge on any atom is -0.508 e. The lowest BCUT2D eigenvalue weighted by molar-refractivity contribution is 0.447. The Hall–Kier alpha value is -3.32. The van der Waals surface area contributed by atoms with Crippen LogP contribution in [-0.2, 0) is 0 Å². The van der Waals surface area contributed by atoms with Crippen LogP contribution in [0, 0.1) is 4.64 Å². The predicted octanol–water partition coefficient (Wildman–Crippen LogP) is 3.87. The smallest absolute Gasteiger partial charge is 0.156 e. The molecule has 0 radical (unpaired) electrons. The number of rotatable bonds is 2.